The lowest BCUT2D eigenvalue weighted by atomic mass is 9.84. The fourth-order valence-electron chi connectivity index (χ4n) is 5.79. The van der Waals surface area contributed by atoms with E-state index in [4.69, 9.17) is 0 Å². The maximum absolute atomic E-state index is 12.9. The molecule has 4 aromatic heterocycles. The van der Waals surface area contributed by atoms with Gasteiger partial charge in [-0.2, -0.15) is 10.4 Å². The molecule has 7 rings (SSSR count). The van der Waals surface area contributed by atoms with Crippen molar-refractivity contribution in [2.24, 2.45) is 0 Å². The molecule has 2 fully saturated rings. The standard InChI is InChI=1S/C27H26N10OS/c28-9-8-27(37-14-18(13-32-37)23-20-5-10-29-24(20)31-17-30-23)15-36(16-27)19-6-11-35(12-7-19)26(38)34-25-33-21-3-1-2-4-22(21)39-25/h1-5,10,13-14,17,19H,6-8,11-12,15-16H2,(H,29,30,31)(H,33,34,38). The minimum absolute atomic E-state index is 0.0970. The summed E-state index contributed by atoms with van der Waals surface area (Å²) in [5.74, 6) is 0. The normalized spacial score (nSPS) is 17.8. The molecule has 2 aliphatic heterocycles. The van der Waals surface area contributed by atoms with Gasteiger partial charge in [-0.3, -0.25) is 14.9 Å². The zero-order valence-corrected chi connectivity index (χ0v) is 21.9. The number of nitrogens with zero attached hydrogens (tertiary/aromatic N) is 8. The van der Waals surface area contributed by atoms with Crippen LogP contribution >= 0.6 is 11.3 Å². The van der Waals surface area contributed by atoms with Crippen LogP contribution in [0.15, 0.2) is 55.2 Å². The smallest absolute Gasteiger partial charge is 0.323 e. The van der Waals surface area contributed by atoms with Crippen LogP contribution < -0.4 is 5.32 Å². The molecular weight excluding hydrogens is 512 g/mol. The third-order valence-corrected chi connectivity index (χ3v) is 8.83. The molecule has 1 aromatic carbocycles. The lowest BCUT2D eigenvalue weighted by Gasteiger charge is -2.53. The topological polar surface area (TPSA) is 132 Å². The van der Waals surface area contributed by atoms with Gasteiger partial charge in [-0.25, -0.2) is 19.7 Å². The molecule has 2 saturated heterocycles. The maximum Gasteiger partial charge on any atom is 0.323 e. The molecule has 0 radical (unpaired) electrons. The fraction of sp³-hybridized carbons (Fsp3) is 0.333. The molecule has 5 aromatic rings. The van der Waals surface area contributed by atoms with Gasteiger partial charge in [0.2, 0.25) is 0 Å². The van der Waals surface area contributed by atoms with E-state index in [0.717, 1.165) is 58.4 Å². The molecule has 0 aliphatic carbocycles. The second-order valence-corrected chi connectivity index (χ2v) is 11.3. The highest BCUT2D eigenvalue weighted by Crippen LogP contribution is 2.37. The first-order valence-corrected chi connectivity index (χ1v) is 13.8. The quantitative estimate of drug-likeness (QED) is 0.345. The zero-order chi connectivity index (χ0) is 26.4. The lowest BCUT2D eigenvalue weighted by Crippen LogP contribution is -2.66. The summed E-state index contributed by atoms with van der Waals surface area (Å²) in [5.41, 5.74) is 3.06. The predicted octanol–water partition coefficient (Wildman–Crippen LogP) is 4.05. The Hall–Kier alpha value is -4.34. The van der Waals surface area contributed by atoms with E-state index in [-0.39, 0.29) is 11.6 Å². The monoisotopic (exact) mass is 538 g/mol. The fourth-order valence-corrected chi connectivity index (χ4v) is 6.65. The van der Waals surface area contributed by atoms with Gasteiger partial charge in [-0.15, -0.1) is 0 Å². The number of hydrogen-bond donors (Lipinski definition) is 2. The van der Waals surface area contributed by atoms with Crippen LogP contribution in [0.4, 0.5) is 9.93 Å². The van der Waals surface area contributed by atoms with Crippen LogP contribution in [-0.2, 0) is 5.54 Å². The molecule has 39 heavy (non-hydrogen) atoms. The minimum Gasteiger partial charge on any atom is -0.346 e. The molecule has 11 nitrogen and oxygen atoms in total. The number of carbonyl (C=O) groups excluding carboxylic acids is 1. The molecule has 2 amide bonds. The van der Waals surface area contributed by atoms with Crippen LogP contribution in [0.3, 0.4) is 0 Å². The number of hydrogen-bond acceptors (Lipinski definition) is 8. The van der Waals surface area contributed by atoms with E-state index in [1.165, 1.54) is 11.3 Å². The van der Waals surface area contributed by atoms with Crippen LogP contribution in [0.25, 0.3) is 32.5 Å². The number of nitriles is 1. The molecule has 0 saturated carbocycles. The SMILES string of the molecule is N#CCC1(n2cc(-c3ncnc4[nH]ccc34)cn2)CN(C2CCN(C(=O)Nc3nc4ccccc4s3)CC2)C1. The highest BCUT2D eigenvalue weighted by Gasteiger charge is 2.48. The summed E-state index contributed by atoms with van der Waals surface area (Å²) < 4.78 is 3.01. The summed E-state index contributed by atoms with van der Waals surface area (Å²) in [5, 5.41) is 18.9. The summed E-state index contributed by atoms with van der Waals surface area (Å²) in [6.45, 7) is 2.89. The number of urea groups is 1. The van der Waals surface area contributed by atoms with Crippen molar-refractivity contribution >= 4 is 43.7 Å². The first-order chi connectivity index (χ1) is 19.1. The number of anilines is 1. The molecule has 0 spiro atoms. The minimum atomic E-state index is -0.362. The number of fused-ring (bicyclic) bond motifs is 2. The number of thiazole rings is 1. The number of H-pyrrole nitrogens is 1. The van der Waals surface area contributed by atoms with E-state index in [0.29, 0.717) is 30.7 Å². The number of rotatable bonds is 5. The Morgan fingerprint density at radius 2 is 2.05 bits per heavy atom. The number of aromatic amines is 1. The summed E-state index contributed by atoms with van der Waals surface area (Å²) in [7, 11) is 0. The van der Waals surface area contributed by atoms with Gasteiger partial charge in [0.1, 0.15) is 17.5 Å². The van der Waals surface area contributed by atoms with Gasteiger partial charge >= 0.3 is 6.03 Å². The van der Waals surface area contributed by atoms with Gasteiger partial charge in [0, 0.05) is 55.6 Å². The van der Waals surface area contributed by atoms with Crippen LogP contribution in [0, 0.1) is 11.3 Å². The number of amides is 2. The molecule has 0 atom stereocenters. The Bertz CT molecular complexity index is 1670. The number of benzene rings is 1. The van der Waals surface area contributed by atoms with E-state index in [1.807, 2.05) is 58.5 Å². The van der Waals surface area contributed by atoms with Crippen LogP contribution in [0.1, 0.15) is 19.3 Å². The molecule has 196 valence electrons. The third kappa shape index (κ3) is 4.20. The number of para-hydroxylation sites is 1. The van der Waals surface area contributed by atoms with Crippen LogP contribution in [0.2, 0.25) is 0 Å². The Balaban J connectivity index is 0.987. The highest BCUT2D eigenvalue weighted by molar-refractivity contribution is 7.22. The van der Waals surface area contributed by atoms with Crippen molar-refractivity contribution in [1.82, 2.24) is 39.5 Å². The van der Waals surface area contributed by atoms with Gasteiger partial charge < -0.3 is 9.88 Å². The van der Waals surface area contributed by atoms with E-state index in [9.17, 15) is 10.1 Å². The van der Waals surface area contributed by atoms with E-state index in [2.05, 4.69) is 41.3 Å². The van der Waals surface area contributed by atoms with Crippen molar-refractivity contribution in [3.63, 3.8) is 0 Å². The molecular formula is C27H26N10OS. The van der Waals surface area contributed by atoms with E-state index < -0.39 is 0 Å². The first kappa shape index (κ1) is 23.8. The highest BCUT2D eigenvalue weighted by atomic mass is 32.1. The molecule has 2 aliphatic rings. The molecule has 6 heterocycles. The second-order valence-electron chi connectivity index (χ2n) is 10.2. The number of piperidine rings is 1. The number of carbonyl (C=O) groups is 1. The Morgan fingerprint density at radius 3 is 2.87 bits per heavy atom. The van der Waals surface area contributed by atoms with Crippen molar-refractivity contribution < 1.29 is 4.79 Å². The second kappa shape index (κ2) is 9.44. The Kier molecular flexibility index (Phi) is 5.75. The Morgan fingerprint density at radius 1 is 1.21 bits per heavy atom. The summed E-state index contributed by atoms with van der Waals surface area (Å²) in [6.07, 6.45) is 9.39. The molecule has 2 N–H and O–H groups in total. The summed E-state index contributed by atoms with van der Waals surface area (Å²) >= 11 is 1.49. The lowest BCUT2D eigenvalue weighted by molar-refractivity contribution is -0.0399. The van der Waals surface area contributed by atoms with Gasteiger partial charge in [0.15, 0.2) is 5.13 Å². The predicted molar refractivity (Wildman–Crippen MR) is 148 cm³/mol. The van der Waals surface area contributed by atoms with Crippen molar-refractivity contribution in [3.8, 4) is 17.3 Å². The third-order valence-electron chi connectivity index (χ3n) is 7.87. The van der Waals surface area contributed by atoms with Crippen molar-refractivity contribution in [2.45, 2.75) is 30.8 Å². The van der Waals surface area contributed by atoms with Gasteiger partial charge in [0.25, 0.3) is 0 Å². The number of likely N-dealkylation sites (tertiary alicyclic amines) is 2. The molecule has 12 heteroatoms. The number of aromatic nitrogens is 6. The van der Waals surface area contributed by atoms with Crippen LogP contribution in [0.5, 0.6) is 0 Å². The Labute approximate surface area is 228 Å². The number of nitrogens with one attached hydrogen (secondary N) is 2. The van der Waals surface area contributed by atoms with E-state index in [1.54, 1.807) is 6.33 Å². The maximum atomic E-state index is 12.9. The summed E-state index contributed by atoms with van der Waals surface area (Å²) in [6, 6.07) is 12.5. The van der Waals surface area contributed by atoms with Gasteiger partial charge in [-0.05, 0) is 31.0 Å². The largest absolute Gasteiger partial charge is 0.346 e. The molecule has 0 bridgehead atoms. The van der Waals surface area contributed by atoms with E-state index >= 15 is 0 Å². The van der Waals surface area contributed by atoms with Crippen LogP contribution in [-0.4, -0.2) is 77.8 Å². The first-order valence-electron chi connectivity index (χ1n) is 13.0. The van der Waals surface area contributed by atoms with Crippen molar-refractivity contribution in [1.29, 1.82) is 5.26 Å². The molecule has 0 unspecified atom stereocenters. The summed E-state index contributed by atoms with van der Waals surface area (Å²) in [4.78, 5) is 33.6. The van der Waals surface area contributed by atoms with Gasteiger partial charge in [-0.1, -0.05) is 23.5 Å². The average Bonchev–Trinajstić information content (AvgIpc) is 3.70. The average molecular weight is 539 g/mol. The zero-order valence-electron chi connectivity index (χ0n) is 21.1. The van der Waals surface area contributed by atoms with Crippen molar-refractivity contribution in [2.75, 3.05) is 31.5 Å². The van der Waals surface area contributed by atoms with Gasteiger partial charge in [0.05, 0.1) is 34.6 Å². The van der Waals surface area contributed by atoms with Crippen molar-refractivity contribution in [3.05, 3.63) is 55.2 Å².